The van der Waals surface area contributed by atoms with E-state index < -0.39 is 5.60 Å². The Morgan fingerprint density at radius 3 is 2.86 bits per heavy atom. The third-order valence-electron chi connectivity index (χ3n) is 3.74. The molecule has 1 saturated heterocycles. The van der Waals surface area contributed by atoms with Gasteiger partial charge in [0.25, 0.3) is 0 Å². The van der Waals surface area contributed by atoms with Gasteiger partial charge in [0.2, 0.25) is 0 Å². The highest BCUT2D eigenvalue weighted by molar-refractivity contribution is 9.10. The van der Waals surface area contributed by atoms with Crippen molar-refractivity contribution in [3.05, 3.63) is 29.0 Å². The van der Waals surface area contributed by atoms with E-state index in [0.717, 1.165) is 22.1 Å². The molecule has 0 aromatic carbocycles. The largest absolute Gasteiger partial charge is 0.444 e. The Balaban J connectivity index is 1.77. The molecule has 1 atom stereocenters. The topological polar surface area (TPSA) is 47.4 Å². The fraction of sp³-hybridized carbons (Fsp3) is 0.500. The molecule has 0 saturated carbocycles. The quantitative estimate of drug-likeness (QED) is 0.718. The molecule has 3 rings (SSSR count). The summed E-state index contributed by atoms with van der Waals surface area (Å²) in [5.74, 6) is 0. The number of rotatable bonds is 1. The van der Waals surface area contributed by atoms with Crippen LogP contribution < -0.4 is 0 Å². The molecule has 0 radical (unpaired) electrons. The molecule has 0 aliphatic carbocycles. The molecule has 1 aliphatic rings. The summed E-state index contributed by atoms with van der Waals surface area (Å²) in [6.45, 7) is 7.04. The molecule has 1 amide bonds. The minimum atomic E-state index is -0.457. The molecule has 118 valence electrons. The van der Waals surface area contributed by atoms with Crippen LogP contribution in [0.25, 0.3) is 11.0 Å². The first-order valence-corrected chi connectivity index (χ1v) is 8.24. The number of aromatic nitrogens is 2. The number of hydrogen-bond donors (Lipinski definition) is 0. The number of nitrogens with zero attached hydrogens (tertiary/aromatic N) is 3. The summed E-state index contributed by atoms with van der Waals surface area (Å²) in [5.41, 5.74) is 0.493. The second-order valence-corrected chi connectivity index (χ2v) is 7.45. The van der Waals surface area contributed by atoms with Gasteiger partial charge in [-0.25, -0.2) is 9.78 Å². The van der Waals surface area contributed by atoms with Gasteiger partial charge < -0.3 is 14.2 Å². The van der Waals surface area contributed by atoms with Gasteiger partial charge in [0.15, 0.2) is 0 Å². The number of hydrogen-bond acceptors (Lipinski definition) is 3. The highest BCUT2D eigenvalue weighted by atomic mass is 79.9. The van der Waals surface area contributed by atoms with E-state index in [1.54, 1.807) is 4.90 Å². The maximum atomic E-state index is 12.2. The molecule has 1 fully saturated rings. The lowest BCUT2D eigenvalue weighted by molar-refractivity contribution is 0.0289. The molecule has 0 N–H and O–H groups in total. The monoisotopic (exact) mass is 365 g/mol. The summed E-state index contributed by atoms with van der Waals surface area (Å²) in [4.78, 5) is 18.5. The van der Waals surface area contributed by atoms with Crippen molar-refractivity contribution >= 4 is 33.1 Å². The number of carbonyl (C=O) groups is 1. The van der Waals surface area contributed by atoms with Crippen LogP contribution in [0.3, 0.4) is 0 Å². The Hall–Kier alpha value is -1.56. The fourth-order valence-electron chi connectivity index (χ4n) is 2.76. The lowest BCUT2D eigenvalue weighted by Crippen LogP contribution is -2.35. The zero-order valence-corrected chi connectivity index (χ0v) is 14.6. The van der Waals surface area contributed by atoms with Crippen molar-refractivity contribution in [1.82, 2.24) is 14.5 Å². The highest BCUT2D eigenvalue weighted by Crippen LogP contribution is 2.28. The summed E-state index contributed by atoms with van der Waals surface area (Å²) >= 11 is 3.42. The third kappa shape index (κ3) is 3.11. The van der Waals surface area contributed by atoms with Gasteiger partial charge in [0, 0.05) is 24.7 Å². The van der Waals surface area contributed by atoms with E-state index in [1.807, 2.05) is 39.1 Å². The minimum Gasteiger partial charge on any atom is -0.444 e. The van der Waals surface area contributed by atoms with Gasteiger partial charge in [0.05, 0.1) is 6.04 Å². The molecule has 2 aromatic rings. The average Bonchev–Trinajstić information content (AvgIpc) is 3.01. The first-order chi connectivity index (χ1) is 10.3. The summed E-state index contributed by atoms with van der Waals surface area (Å²) in [6.07, 6.45) is 2.73. The SMILES string of the molecule is CC(C)(C)OC(=O)N1CC[C@H](n2ccc3ccc(Br)nc32)C1. The van der Waals surface area contributed by atoms with Gasteiger partial charge in [-0.2, -0.15) is 0 Å². The van der Waals surface area contributed by atoms with Crippen LogP contribution in [-0.4, -0.2) is 39.2 Å². The minimum absolute atomic E-state index is 0.236. The summed E-state index contributed by atoms with van der Waals surface area (Å²) in [5, 5.41) is 1.11. The molecule has 0 unspecified atom stereocenters. The lowest BCUT2D eigenvalue weighted by Gasteiger charge is -2.24. The number of likely N-dealkylation sites (tertiary alicyclic amines) is 1. The van der Waals surface area contributed by atoms with Crippen LogP contribution in [0.4, 0.5) is 4.79 Å². The van der Waals surface area contributed by atoms with Crippen molar-refractivity contribution in [2.24, 2.45) is 0 Å². The first-order valence-electron chi connectivity index (χ1n) is 7.44. The van der Waals surface area contributed by atoms with Gasteiger partial charge in [-0.15, -0.1) is 0 Å². The van der Waals surface area contributed by atoms with Crippen LogP contribution in [-0.2, 0) is 4.74 Å². The van der Waals surface area contributed by atoms with E-state index in [9.17, 15) is 4.79 Å². The van der Waals surface area contributed by atoms with Crippen LogP contribution in [0.2, 0.25) is 0 Å². The number of carbonyl (C=O) groups excluding carboxylic acids is 1. The number of halogens is 1. The van der Waals surface area contributed by atoms with Gasteiger partial charge in [-0.1, -0.05) is 0 Å². The van der Waals surface area contributed by atoms with Crippen molar-refractivity contribution in [1.29, 1.82) is 0 Å². The van der Waals surface area contributed by atoms with Gasteiger partial charge in [-0.05, 0) is 61.3 Å². The lowest BCUT2D eigenvalue weighted by atomic mass is 10.2. The van der Waals surface area contributed by atoms with E-state index >= 15 is 0 Å². The maximum absolute atomic E-state index is 12.2. The Labute approximate surface area is 138 Å². The second-order valence-electron chi connectivity index (χ2n) is 6.64. The highest BCUT2D eigenvalue weighted by Gasteiger charge is 2.31. The van der Waals surface area contributed by atoms with Gasteiger partial charge in [0.1, 0.15) is 15.9 Å². The van der Waals surface area contributed by atoms with Crippen LogP contribution in [0.15, 0.2) is 29.0 Å². The van der Waals surface area contributed by atoms with Crippen molar-refractivity contribution in [3.8, 4) is 0 Å². The molecular weight excluding hydrogens is 346 g/mol. The summed E-state index contributed by atoms with van der Waals surface area (Å²) < 4.78 is 8.43. The third-order valence-corrected chi connectivity index (χ3v) is 4.18. The standard InChI is InChI=1S/C16H20BrN3O2/c1-16(2,3)22-15(21)19-8-7-12(10-19)20-9-6-11-4-5-13(17)18-14(11)20/h4-6,9,12H,7-8,10H2,1-3H3/t12-/m0/s1. The molecule has 1 aliphatic heterocycles. The molecule has 3 heterocycles. The molecular formula is C16H20BrN3O2. The molecule has 6 heteroatoms. The maximum Gasteiger partial charge on any atom is 0.410 e. The fourth-order valence-corrected chi connectivity index (χ4v) is 3.06. The van der Waals surface area contributed by atoms with Crippen molar-refractivity contribution in [2.75, 3.05) is 13.1 Å². The van der Waals surface area contributed by atoms with Crippen LogP contribution in [0, 0.1) is 0 Å². The Bertz CT molecular complexity index is 705. The molecule has 2 aromatic heterocycles. The van der Waals surface area contributed by atoms with E-state index in [0.29, 0.717) is 13.1 Å². The van der Waals surface area contributed by atoms with E-state index in [-0.39, 0.29) is 12.1 Å². The van der Waals surface area contributed by atoms with Crippen molar-refractivity contribution in [2.45, 2.75) is 38.8 Å². The van der Waals surface area contributed by atoms with E-state index in [2.05, 4.69) is 31.5 Å². The Kier molecular flexibility index (Phi) is 3.89. The van der Waals surface area contributed by atoms with Crippen molar-refractivity contribution in [3.63, 3.8) is 0 Å². The molecule has 0 bridgehead atoms. The number of pyridine rings is 1. The average molecular weight is 366 g/mol. The van der Waals surface area contributed by atoms with Crippen LogP contribution >= 0.6 is 15.9 Å². The van der Waals surface area contributed by atoms with Gasteiger partial charge >= 0.3 is 6.09 Å². The summed E-state index contributed by atoms with van der Waals surface area (Å²) in [6, 6.07) is 6.29. The zero-order valence-electron chi connectivity index (χ0n) is 13.0. The van der Waals surface area contributed by atoms with Gasteiger partial charge in [-0.3, -0.25) is 0 Å². The molecule has 5 nitrogen and oxygen atoms in total. The normalized spacial score (nSPS) is 18.9. The Morgan fingerprint density at radius 2 is 2.14 bits per heavy atom. The molecule has 0 spiro atoms. The molecule has 22 heavy (non-hydrogen) atoms. The number of ether oxygens (including phenoxy) is 1. The van der Waals surface area contributed by atoms with Crippen molar-refractivity contribution < 1.29 is 9.53 Å². The number of fused-ring (bicyclic) bond motifs is 1. The smallest absolute Gasteiger partial charge is 0.410 e. The predicted molar refractivity (Wildman–Crippen MR) is 88.9 cm³/mol. The summed E-state index contributed by atoms with van der Waals surface area (Å²) in [7, 11) is 0. The zero-order chi connectivity index (χ0) is 15.9. The first kappa shape index (κ1) is 15.3. The predicted octanol–water partition coefficient (Wildman–Crippen LogP) is 3.98. The van der Waals surface area contributed by atoms with Crippen LogP contribution in [0.1, 0.15) is 33.2 Å². The van der Waals surface area contributed by atoms with E-state index in [4.69, 9.17) is 4.74 Å². The Morgan fingerprint density at radius 1 is 1.36 bits per heavy atom. The number of amides is 1. The second kappa shape index (κ2) is 5.57. The van der Waals surface area contributed by atoms with Crippen LogP contribution in [0.5, 0.6) is 0 Å². The van der Waals surface area contributed by atoms with E-state index in [1.165, 1.54) is 0 Å².